The molecule has 0 saturated carbocycles. The number of nitrogens with two attached hydrogens (primary N) is 1. The van der Waals surface area contributed by atoms with E-state index in [0.29, 0.717) is 16.7 Å². The molecule has 2 N–H and O–H groups in total. The van der Waals surface area contributed by atoms with Gasteiger partial charge in [0, 0.05) is 18.6 Å². The standard InChI is InChI=1S/C12H12BrN3O/c1-8-10(14)7-16(12(17)11(8)13)6-9-3-2-4-15-5-9/h2-5,7H,6,14H2,1H3. The van der Waals surface area contributed by atoms with E-state index in [1.165, 1.54) is 0 Å². The van der Waals surface area contributed by atoms with Crippen LogP contribution in [0.3, 0.4) is 0 Å². The van der Waals surface area contributed by atoms with E-state index in [2.05, 4.69) is 20.9 Å². The molecule has 0 unspecified atom stereocenters. The molecule has 0 spiro atoms. The Morgan fingerprint density at radius 3 is 2.94 bits per heavy atom. The van der Waals surface area contributed by atoms with Crippen LogP contribution in [-0.2, 0) is 6.54 Å². The summed E-state index contributed by atoms with van der Waals surface area (Å²) >= 11 is 3.27. The highest BCUT2D eigenvalue weighted by molar-refractivity contribution is 9.10. The normalized spacial score (nSPS) is 10.5. The summed E-state index contributed by atoms with van der Waals surface area (Å²) in [6.07, 6.45) is 5.09. The van der Waals surface area contributed by atoms with E-state index in [-0.39, 0.29) is 5.56 Å². The van der Waals surface area contributed by atoms with Crippen molar-refractivity contribution in [2.75, 3.05) is 5.73 Å². The number of nitrogens with zero attached hydrogens (tertiary/aromatic N) is 2. The van der Waals surface area contributed by atoms with Gasteiger partial charge in [-0.1, -0.05) is 6.07 Å². The van der Waals surface area contributed by atoms with Crippen molar-refractivity contribution in [1.82, 2.24) is 9.55 Å². The molecule has 0 radical (unpaired) electrons. The molecule has 0 aliphatic heterocycles. The average molecular weight is 294 g/mol. The minimum Gasteiger partial charge on any atom is -0.397 e. The lowest BCUT2D eigenvalue weighted by Crippen LogP contribution is -2.22. The minimum absolute atomic E-state index is 0.0828. The second-order valence-electron chi connectivity index (χ2n) is 3.82. The molecular formula is C12H12BrN3O. The maximum Gasteiger partial charge on any atom is 0.265 e. The molecule has 17 heavy (non-hydrogen) atoms. The Bertz CT molecular complexity index is 593. The van der Waals surface area contributed by atoms with Gasteiger partial charge in [0.15, 0.2) is 0 Å². The maximum absolute atomic E-state index is 12.0. The molecule has 2 heterocycles. The van der Waals surface area contributed by atoms with Gasteiger partial charge in [0.05, 0.1) is 16.7 Å². The third-order valence-electron chi connectivity index (χ3n) is 2.58. The van der Waals surface area contributed by atoms with Gasteiger partial charge in [-0.15, -0.1) is 0 Å². The van der Waals surface area contributed by atoms with Crippen molar-refractivity contribution < 1.29 is 0 Å². The van der Waals surface area contributed by atoms with E-state index in [1.54, 1.807) is 23.2 Å². The van der Waals surface area contributed by atoms with Crippen LogP contribution in [0.2, 0.25) is 0 Å². The zero-order valence-corrected chi connectivity index (χ0v) is 10.9. The molecule has 0 amide bonds. The number of rotatable bonds is 2. The summed E-state index contributed by atoms with van der Waals surface area (Å²) in [7, 11) is 0. The minimum atomic E-state index is -0.0828. The summed E-state index contributed by atoms with van der Waals surface area (Å²) in [6, 6.07) is 3.76. The lowest BCUT2D eigenvalue weighted by Gasteiger charge is -2.10. The van der Waals surface area contributed by atoms with Crippen molar-refractivity contribution >= 4 is 21.6 Å². The molecule has 0 aromatic carbocycles. The van der Waals surface area contributed by atoms with Crippen LogP contribution in [-0.4, -0.2) is 9.55 Å². The highest BCUT2D eigenvalue weighted by Gasteiger charge is 2.08. The zero-order chi connectivity index (χ0) is 12.4. The Morgan fingerprint density at radius 1 is 1.53 bits per heavy atom. The maximum atomic E-state index is 12.0. The van der Waals surface area contributed by atoms with Gasteiger partial charge < -0.3 is 10.3 Å². The molecule has 0 fully saturated rings. The first kappa shape index (κ1) is 11.9. The van der Waals surface area contributed by atoms with Crippen LogP contribution in [0.15, 0.2) is 40.0 Å². The van der Waals surface area contributed by atoms with Crippen molar-refractivity contribution in [3.05, 3.63) is 56.7 Å². The largest absolute Gasteiger partial charge is 0.397 e. The number of anilines is 1. The molecule has 2 aromatic heterocycles. The predicted molar refractivity (Wildman–Crippen MR) is 70.9 cm³/mol. The Kier molecular flexibility index (Phi) is 3.28. The molecule has 4 nitrogen and oxygen atoms in total. The number of halogens is 1. The van der Waals surface area contributed by atoms with E-state index < -0.39 is 0 Å². The molecule has 2 rings (SSSR count). The number of aromatic nitrogens is 2. The van der Waals surface area contributed by atoms with E-state index in [9.17, 15) is 4.79 Å². The van der Waals surface area contributed by atoms with Gasteiger partial charge in [-0.3, -0.25) is 9.78 Å². The summed E-state index contributed by atoms with van der Waals surface area (Å²) in [6.45, 7) is 2.28. The molecule has 0 atom stereocenters. The van der Waals surface area contributed by atoms with Crippen LogP contribution >= 0.6 is 15.9 Å². The van der Waals surface area contributed by atoms with Crippen molar-refractivity contribution in [2.24, 2.45) is 0 Å². The first-order valence-corrected chi connectivity index (χ1v) is 5.93. The van der Waals surface area contributed by atoms with Crippen LogP contribution in [0, 0.1) is 6.92 Å². The van der Waals surface area contributed by atoms with Crippen molar-refractivity contribution in [3.8, 4) is 0 Å². The first-order chi connectivity index (χ1) is 8.09. The Labute approximate surface area is 107 Å². The van der Waals surface area contributed by atoms with E-state index >= 15 is 0 Å². The molecule has 88 valence electrons. The Morgan fingerprint density at radius 2 is 2.29 bits per heavy atom. The van der Waals surface area contributed by atoms with Gasteiger partial charge >= 0.3 is 0 Å². The number of pyridine rings is 2. The summed E-state index contributed by atoms with van der Waals surface area (Å²) in [5.74, 6) is 0. The zero-order valence-electron chi connectivity index (χ0n) is 9.35. The van der Waals surface area contributed by atoms with Crippen LogP contribution in [0.5, 0.6) is 0 Å². The Balaban J connectivity index is 2.44. The smallest absolute Gasteiger partial charge is 0.265 e. The molecule has 5 heteroatoms. The SMILES string of the molecule is Cc1c(N)cn(Cc2cccnc2)c(=O)c1Br. The van der Waals surface area contributed by atoms with Crippen LogP contribution < -0.4 is 11.3 Å². The molecule has 0 bridgehead atoms. The molecule has 0 saturated heterocycles. The van der Waals surface area contributed by atoms with Gasteiger partial charge in [-0.25, -0.2) is 0 Å². The Hall–Kier alpha value is -1.62. The monoisotopic (exact) mass is 293 g/mol. The van der Waals surface area contributed by atoms with Crippen molar-refractivity contribution in [1.29, 1.82) is 0 Å². The molecule has 0 aliphatic carbocycles. The fourth-order valence-corrected chi connectivity index (χ4v) is 2.00. The summed E-state index contributed by atoms with van der Waals surface area (Å²) in [4.78, 5) is 16.0. The lowest BCUT2D eigenvalue weighted by molar-refractivity contribution is 0.751. The summed E-state index contributed by atoms with van der Waals surface area (Å²) in [5, 5.41) is 0. The molecule has 0 aliphatic rings. The van der Waals surface area contributed by atoms with Crippen molar-refractivity contribution in [2.45, 2.75) is 13.5 Å². The van der Waals surface area contributed by atoms with E-state index in [4.69, 9.17) is 5.73 Å². The summed E-state index contributed by atoms with van der Waals surface area (Å²) in [5.41, 5.74) is 8.09. The third kappa shape index (κ3) is 2.39. The van der Waals surface area contributed by atoms with Crippen molar-refractivity contribution in [3.63, 3.8) is 0 Å². The average Bonchev–Trinajstić information content (AvgIpc) is 2.35. The van der Waals surface area contributed by atoms with Gasteiger partial charge in [0.1, 0.15) is 0 Å². The second kappa shape index (κ2) is 4.71. The second-order valence-corrected chi connectivity index (χ2v) is 4.61. The lowest BCUT2D eigenvalue weighted by atomic mass is 10.2. The fourth-order valence-electron chi connectivity index (χ4n) is 1.54. The topological polar surface area (TPSA) is 60.9 Å². The summed E-state index contributed by atoms with van der Waals surface area (Å²) < 4.78 is 2.09. The van der Waals surface area contributed by atoms with E-state index in [1.807, 2.05) is 19.1 Å². The highest BCUT2D eigenvalue weighted by Crippen LogP contribution is 2.17. The highest BCUT2D eigenvalue weighted by atomic mass is 79.9. The molecular weight excluding hydrogens is 282 g/mol. The fraction of sp³-hybridized carbons (Fsp3) is 0.167. The van der Waals surface area contributed by atoms with Crippen LogP contribution in [0.1, 0.15) is 11.1 Å². The molecule has 2 aromatic rings. The van der Waals surface area contributed by atoms with Gasteiger partial charge in [-0.2, -0.15) is 0 Å². The number of hydrogen-bond acceptors (Lipinski definition) is 3. The number of nitrogen functional groups attached to an aromatic ring is 1. The number of hydrogen-bond donors (Lipinski definition) is 1. The van der Waals surface area contributed by atoms with Crippen LogP contribution in [0.25, 0.3) is 0 Å². The van der Waals surface area contributed by atoms with E-state index in [0.717, 1.165) is 11.1 Å². The predicted octanol–water partition coefficient (Wildman–Crippen LogP) is 1.94. The van der Waals surface area contributed by atoms with Gasteiger partial charge in [0.2, 0.25) is 0 Å². The quantitative estimate of drug-likeness (QED) is 0.921. The van der Waals surface area contributed by atoms with Gasteiger partial charge in [-0.05, 0) is 40.0 Å². The third-order valence-corrected chi connectivity index (χ3v) is 3.52. The van der Waals surface area contributed by atoms with Crippen LogP contribution in [0.4, 0.5) is 5.69 Å². The first-order valence-electron chi connectivity index (χ1n) is 5.13. The van der Waals surface area contributed by atoms with Gasteiger partial charge in [0.25, 0.3) is 5.56 Å².